The molecule has 2 atom stereocenters. The molecule has 2 rings (SSSR count). The maximum absolute atomic E-state index is 9.49. The van der Waals surface area contributed by atoms with E-state index in [1.807, 2.05) is 6.92 Å². The average Bonchev–Trinajstić information content (AvgIpc) is 2.80. The van der Waals surface area contributed by atoms with Crippen molar-refractivity contribution in [3.63, 3.8) is 0 Å². The van der Waals surface area contributed by atoms with Gasteiger partial charge in [0.25, 0.3) is 0 Å². The van der Waals surface area contributed by atoms with Crippen molar-refractivity contribution in [2.45, 2.75) is 32.6 Å². The Labute approximate surface area is 112 Å². The van der Waals surface area contributed by atoms with Crippen LogP contribution in [0.25, 0.3) is 0 Å². The SMILES string of the molecule is CCSC1=NC(=N)C(C#N)C2(CCCC2)C1C#N. The van der Waals surface area contributed by atoms with Crippen molar-refractivity contribution < 1.29 is 0 Å². The van der Waals surface area contributed by atoms with Gasteiger partial charge in [-0.15, -0.1) is 11.8 Å². The number of amidine groups is 1. The molecular formula is C13H16N4S. The lowest BCUT2D eigenvalue weighted by atomic mass is 9.64. The van der Waals surface area contributed by atoms with Crippen LogP contribution in [0.3, 0.4) is 0 Å². The van der Waals surface area contributed by atoms with Crippen molar-refractivity contribution in [2.24, 2.45) is 22.2 Å². The molecule has 5 heteroatoms. The Morgan fingerprint density at radius 3 is 2.44 bits per heavy atom. The van der Waals surface area contributed by atoms with Crippen molar-refractivity contribution in [2.75, 3.05) is 5.75 Å². The number of hydrogen-bond donors (Lipinski definition) is 1. The second kappa shape index (κ2) is 5.12. The molecule has 1 heterocycles. The zero-order chi connectivity index (χ0) is 13.2. The first kappa shape index (κ1) is 13.1. The molecule has 94 valence electrons. The topological polar surface area (TPSA) is 83.8 Å². The van der Waals surface area contributed by atoms with Gasteiger partial charge < -0.3 is 0 Å². The fourth-order valence-corrected chi connectivity index (χ4v) is 4.09. The second-order valence-corrected chi connectivity index (χ2v) is 6.12. The zero-order valence-electron chi connectivity index (χ0n) is 10.4. The van der Waals surface area contributed by atoms with E-state index in [4.69, 9.17) is 5.41 Å². The van der Waals surface area contributed by atoms with E-state index in [1.54, 1.807) is 0 Å². The summed E-state index contributed by atoms with van der Waals surface area (Å²) in [6.07, 6.45) is 3.84. The molecule has 1 aliphatic carbocycles. The predicted molar refractivity (Wildman–Crippen MR) is 72.4 cm³/mol. The molecule has 0 radical (unpaired) electrons. The quantitative estimate of drug-likeness (QED) is 0.786. The highest BCUT2D eigenvalue weighted by atomic mass is 32.2. The first-order valence-electron chi connectivity index (χ1n) is 6.28. The van der Waals surface area contributed by atoms with Gasteiger partial charge in [0.05, 0.1) is 17.2 Å². The molecule has 0 aromatic heterocycles. The van der Waals surface area contributed by atoms with Crippen LogP contribution in [0.15, 0.2) is 4.99 Å². The van der Waals surface area contributed by atoms with Gasteiger partial charge in [-0.3, -0.25) is 5.41 Å². The van der Waals surface area contributed by atoms with Gasteiger partial charge in [0, 0.05) is 5.41 Å². The number of hydrogen-bond acceptors (Lipinski definition) is 4. The van der Waals surface area contributed by atoms with Gasteiger partial charge in [-0.05, 0) is 18.6 Å². The molecule has 0 aromatic rings. The van der Waals surface area contributed by atoms with Crippen LogP contribution in [-0.2, 0) is 0 Å². The van der Waals surface area contributed by atoms with Crippen molar-refractivity contribution in [3.8, 4) is 12.1 Å². The third-order valence-electron chi connectivity index (χ3n) is 3.99. The van der Waals surface area contributed by atoms with E-state index in [-0.39, 0.29) is 17.2 Å². The van der Waals surface area contributed by atoms with E-state index in [9.17, 15) is 10.5 Å². The van der Waals surface area contributed by atoms with Crippen LogP contribution in [0, 0.1) is 45.3 Å². The smallest absolute Gasteiger partial charge is 0.139 e. The molecule has 0 bridgehead atoms. The number of aliphatic imine (C=N–C) groups is 1. The van der Waals surface area contributed by atoms with Gasteiger partial charge in [0.15, 0.2) is 0 Å². The predicted octanol–water partition coefficient (Wildman–Crippen LogP) is 2.97. The Morgan fingerprint density at radius 2 is 1.94 bits per heavy atom. The summed E-state index contributed by atoms with van der Waals surface area (Å²) in [5, 5.41) is 27.6. The maximum Gasteiger partial charge on any atom is 0.139 e. The highest BCUT2D eigenvalue weighted by molar-refractivity contribution is 8.14. The lowest BCUT2D eigenvalue weighted by Gasteiger charge is -2.40. The van der Waals surface area contributed by atoms with E-state index in [1.165, 1.54) is 11.8 Å². The molecular weight excluding hydrogens is 244 g/mol. The minimum absolute atomic E-state index is 0.154. The molecule has 1 fully saturated rings. The number of thioether (sulfide) groups is 1. The number of nitriles is 2. The maximum atomic E-state index is 9.49. The van der Waals surface area contributed by atoms with E-state index < -0.39 is 5.92 Å². The summed E-state index contributed by atoms with van der Waals surface area (Å²) in [6, 6.07) is 4.58. The number of rotatable bonds is 1. The molecule has 1 saturated carbocycles. The lowest BCUT2D eigenvalue weighted by Crippen LogP contribution is -2.45. The monoisotopic (exact) mass is 260 g/mol. The zero-order valence-corrected chi connectivity index (χ0v) is 11.3. The summed E-state index contributed by atoms with van der Waals surface area (Å²) in [5.74, 6) is 0.189. The van der Waals surface area contributed by atoms with Crippen LogP contribution < -0.4 is 0 Å². The van der Waals surface area contributed by atoms with Crippen LogP contribution in [0.5, 0.6) is 0 Å². The Morgan fingerprint density at radius 1 is 1.33 bits per heavy atom. The van der Waals surface area contributed by atoms with Gasteiger partial charge >= 0.3 is 0 Å². The minimum atomic E-state index is -0.508. The van der Waals surface area contributed by atoms with Crippen LogP contribution in [0.4, 0.5) is 0 Å². The Hall–Kier alpha value is -1.33. The van der Waals surface area contributed by atoms with Gasteiger partial charge in [0.2, 0.25) is 0 Å². The van der Waals surface area contributed by atoms with Crippen LogP contribution >= 0.6 is 11.8 Å². The van der Waals surface area contributed by atoms with Crippen LogP contribution in [0.1, 0.15) is 32.6 Å². The van der Waals surface area contributed by atoms with Crippen LogP contribution in [-0.4, -0.2) is 16.6 Å². The van der Waals surface area contributed by atoms with Crippen molar-refractivity contribution >= 4 is 22.6 Å². The lowest BCUT2D eigenvalue weighted by molar-refractivity contribution is 0.222. The van der Waals surface area contributed by atoms with E-state index in [2.05, 4.69) is 17.1 Å². The van der Waals surface area contributed by atoms with Crippen molar-refractivity contribution in [1.29, 1.82) is 15.9 Å². The van der Waals surface area contributed by atoms with Gasteiger partial charge in [-0.1, -0.05) is 19.8 Å². The van der Waals surface area contributed by atoms with Gasteiger partial charge in [-0.2, -0.15) is 10.5 Å². The molecule has 1 N–H and O–H groups in total. The van der Waals surface area contributed by atoms with Gasteiger partial charge in [0.1, 0.15) is 17.7 Å². The molecule has 18 heavy (non-hydrogen) atoms. The summed E-state index contributed by atoms with van der Waals surface area (Å²) < 4.78 is 0. The normalized spacial score (nSPS) is 29.7. The second-order valence-electron chi connectivity index (χ2n) is 4.83. The first-order valence-corrected chi connectivity index (χ1v) is 7.27. The van der Waals surface area contributed by atoms with Crippen molar-refractivity contribution in [1.82, 2.24) is 0 Å². The molecule has 0 saturated heterocycles. The largest absolute Gasteiger partial charge is 0.286 e. The fourth-order valence-electron chi connectivity index (χ4n) is 3.18. The minimum Gasteiger partial charge on any atom is -0.286 e. The van der Waals surface area contributed by atoms with Crippen molar-refractivity contribution in [3.05, 3.63) is 0 Å². The van der Waals surface area contributed by atoms with E-state index in [0.717, 1.165) is 36.5 Å². The van der Waals surface area contributed by atoms with E-state index in [0.29, 0.717) is 0 Å². The summed E-state index contributed by atoms with van der Waals surface area (Å²) in [6.45, 7) is 2.02. The molecule has 4 nitrogen and oxygen atoms in total. The first-order chi connectivity index (χ1) is 8.69. The Balaban J connectivity index is 2.48. The molecule has 1 spiro atoms. The Kier molecular flexibility index (Phi) is 3.73. The third-order valence-corrected chi connectivity index (χ3v) is 4.90. The summed E-state index contributed by atoms with van der Waals surface area (Å²) >= 11 is 1.54. The van der Waals surface area contributed by atoms with E-state index >= 15 is 0 Å². The molecule has 0 amide bonds. The molecule has 2 aliphatic rings. The summed E-state index contributed by atoms with van der Waals surface area (Å²) in [4.78, 5) is 4.21. The Bertz CT molecular complexity index is 462. The van der Waals surface area contributed by atoms with Gasteiger partial charge in [-0.25, -0.2) is 4.99 Å². The average molecular weight is 260 g/mol. The highest BCUT2D eigenvalue weighted by Gasteiger charge is 2.54. The van der Waals surface area contributed by atoms with Crippen LogP contribution in [0.2, 0.25) is 0 Å². The third kappa shape index (κ3) is 1.83. The molecule has 1 aliphatic heterocycles. The molecule has 0 aromatic carbocycles. The molecule has 2 unspecified atom stereocenters. The summed E-state index contributed by atoms with van der Waals surface area (Å²) in [7, 11) is 0. The fraction of sp³-hybridized carbons (Fsp3) is 0.692. The number of nitrogens with one attached hydrogen (secondary N) is 1. The number of nitrogens with zero attached hydrogens (tertiary/aromatic N) is 3. The standard InChI is InChI=1S/C13H16N4S/c1-2-18-12-10(8-15)13(5-3-4-6-13)9(7-14)11(16)17-12/h9-10,16H,2-6H2,1H3. The summed E-state index contributed by atoms with van der Waals surface area (Å²) in [5.41, 5.74) is -0.347. The highest BCUT2D eigenvalue weighted by Crippen LogP contribution is 2.53.